The number of ether oxygens (including phenoxy) is 2. The van der Waals surface area contributed by atoms with Crippen LogP contribution >= 0.6 is 11.6 Å². The Morgan fingerprint density at radius 1 is 1.05 bits per heavy atom. The molecule has 2 fully saturated rings. The van der Waals surface area contributed by atoms with Gasteiger partial charge < -0.3 is 19.7 Å². The molecule has 0 spiro atoms. The predicted molar refractivity (Wildman–Crippen MR) is 154 cm³/mol. The van der Waals surface area contributed by atoms with Crippen molar-refractivity contribution in [2.75, 3.05) is 13.1 Å². The molecule has 3 aromatic heterocycles. The standard InChI is InChI=1S/C30H30ClN7O4/c1-30(2,35-29(40)41-17-18-8-5-4-6-9-18)19-12-24(31)34-25(13-19)42-26-20-15-38(16-21(20)26)28(39)23-14-22(36-37(23)3)27-32-10-7-11-33-27/h4-14,20-21,26H,15-17H2,1-3H3,(H,35,40)/t20-,21+,26+. The van der Waals surface area contributed by atoms with Gasteiger partial charge in [-0.15, -0.1) is 0 Å². The smallest absolute Gasteiger partial charge is 0.408 e. The van der Waals surface area contributed by atoms with Crippen molar-refractivity contribution in [3.8, 4) is 17.4 Å². The molecule has 1 saturated heterocycles. The lowest BCUT2D eigenvalue weighted by atomic mass is 9.95. The fourth-order valence-corrected chi connectivity index (χ4v) is 5.50. The Balaban J connectivity index is 1.05. The minimum atomic E-state index is -0.798. The van der Waals surface area contributed by atoms with E-state index in [1.807, 2.05) is 49.1 Å². The van der Waals surface area contributed by atoms with Gasteiger partial charge in [-0.25, -0.2) is 19.7 Å². The van der Waals surface area contributed by atoms with Crippen molar-refractivity contribution in [1.29, 1.82) is 0 Å². The number of nitrogens with one attached hydrogen (secondary N) is 1. The summed E-state index contributed by atoms with van der Waals surface area (Å²) in [5, 5.41) is 7.57. The lowest BCUT2D eigenvalue weighted by Crippen LogP contribution is -2.41. The summed E-state index contributed by atoms with van der Waals surface area (Å²) >= 11 is 6.35. The number of aromatic nitrogens is 5. The number of piperidine rings is 1. The molecule has 1 aliphatic carbocycles. The van der Waals surface area contributed by atoms with E-state index in [4.69, 9.17) is 21.1 Å². The zero-order valence-electron chi connectivity index (χ0n) is 23.4. The van der Waals surface area contributed by atoms with Crippen LogP contribution in [-0.2, 0) is 23.9 Å². The summed E-state index contributed by atoms with van der Waals surface area (Å²) in [6.07, 6.45) is 2.67. The third-order valence-corrected chi connectivity index (χ3v) is 7.87. The Hall–Kier alpha value is -4.51. The molecule has 11 nitrogen and oxygen atoms in total. The average molecular weight is 588 g/mol. The first-order chi connectivity index (χ1) is 20.2. The van der Waals surface area contributed by atoms with Gasteiger partial charge in [-0.05, 0) is 37.1 Å². The van der Waals surface area contributed by atoms with Crippen molar-refractivity contribution < 1.29 is 19.1 Å². The summed E-state index contributed by atoms with van der Waals surface area (Å²) < 4.78 is 13.2. The number of halogens is 1. The van der Waals surface area contributed by atoms with Crippen LogP contribution < -0.4 is 10.1 Å². The number of benzene rings is 1. The number of carbonyl (C=O) groups is 2. The van der Waals surface area contributed by atoms with E-state index in [0.29, 0.717) is 36.2 Å². The fourth-order valence-electron chi connectivity index (χ4n) is 5.30. The molecule has 4 aromatic rings. The van der Waals surface area contributed by atoms with Crippen molar-refractivity contribution in [2.24, 2.45) is 18.9 Å². The molecular weight excluding hydrogens is 558 g/mol. The number of aryl methyl sites for hydroxylation is 1. The highest BCUT2D eigenvalue weighted by molar-refractivity contribution is 6.29. The number of rotatable bonds is 8. The van der Waals surface area contributed by atoms with E-state index in [1.54, 1.807) is 48.4 Å². The van der Waals surface area contributed by atoms with Crippen molar-refractivity contribution >= 4 is 23.6 Å². The van der Waals surface area contributed by atoms with Gasteiger partial charge in [-0.2, -0.15) is 5.10 Å². The Labute approximate surface area is 247 Å². The molecule has 1 saturated carbocycles. The number of carbonyl (C=O) groups excluding carboxylic acids is 2. The molecule has 0 bridgehead atoms. The van der Waals surface area contributed by atoms with Crippen molar-refractivity contribution in [3.05, 3.63) is 89.0 Å². The van der Waals surface area contributed by atoms with Crippen LogP contribution in [0.2, 0.25) is 5.15 Å². The summed E-state index contributed by atoms with van der Waals surface area (Å²) in [4.78, 5) is 40.4. The van der Waals surface area contributed by atoms with E-state index in [-0.39, 0.29) is 35.6 Å². The fraction of sp³-hybridized carbons (Fsp3) is 0.333. The first-order valence-corrected chi connectivity index (χ1v) is 14.0. The van der Waals surface area contributed by atoms with E-state index in [1.165, 1.54) is 0 Å². The molecule has 6 rings (SSSR count). The van der Waals surface area contributed by atoms with Gasteiger partial charge in [0.1, 0.15) is 29.3 Å². The summed E-state index contributed by atoms with van der Waals surface area (Å²) in [5.41, 5.74) is 1.86. The Morgan fingerprint density at radius 3 is 2.48 bits per heavy atom. The number of pyridine rings is 1. The second-order valence-electron chi connectivity index (χ2n) is 11.1. The first-order valence-electron chi connectivity index (χ1n) is 13.6. The number of likely N-dealkylation sites (tertiary alicyclic amines) is 1. The quantitative estimate of drug-likeness (QED) is 0.304. The maximum absolute atomic E-state index is 13.3. The van der Waals surface area contributed by atoms with Crippen LogP contribution in [0.1, 0.15) is 35.5 Å². The molecule has 12 heteroatoms. The average Bonchev–Trinajstić information content (AvgIpc) is 3.28. The molecule has 1 aliphatic heterocycles. The number of fused-ring (bicyclic) bond motifs is 1. The second kappa shape index (κ2) is 11.1. The molecule has 4 heterocycles. The lowest BCUT2D eigenvalue weighted by molar-refractivity contribution is 0.0740. The first kappa shape index (κ1) is 27.6. The van der Waals surface area contributed by atoms with Crippen LogP contribution in [0, 0.1) is 11.8 Å². The number of hydrogen-bond acceptors (Lipinski definition) is 8. The maximum atomic E-state index is 13.3. The second-order valence-corrected chi connectivity index (χ2v) is 11.4. The largest absolute Gasteiger partial charge is 0.474 e. The Morgan fingerprint density at radius 2 is 1.76 bits per heavy atom. The monoisotopic (exact) mass is 587 g/mol. The predicted octanol–water partition coefficient (Wildman–Crippen LogP) is 4.24. The molecule has 0 radical (unpaired) electrons. The minimum Gasteiger partial charge on any atom is -0.474 e. The van der Waals surface area contributed by atoms with Gasteiger partial charge in [0, 0.05) is 56.5 Å². The molecule has 42 heavy (non-hydrogen) atoms. The van der Waals surface area contributed by atoms with Crippen LogP contribution in [0.25, 0.3) is 11.5 Å². The Bertz CT molecular complexity index is 1600. The Kier molecular flexibility index (Phi) is 7.28. The normalized spacial score (nSPS) is 19.2. The van der Waals surface area contributed by atoms with Gasteiger partial charge in [-0.1, -0.05) is 41.9 Å². The molecule has 2 amide bonds. The van der Waals surface area contributed by atoms with E-state index in [2.05, 4.69) is 25.4 Å². The third kappa shape index (κ3) is 5.78. The number of nitrogens with zero attached hydrogens (tertiary/aromatic N) is 6. The molecule has 1 aromatic carbocycles. The maximum Gasteiger partial charge on any atom is 0.408 e. The SMILES string of the molecule is Cn1nc(-c2ncccn2)cc1C(=O)N1C[C@@H]2[C@H](C1)[C@H]2Oc1cc(C(C)(C)NC(=O)OCc2ccccc2)cc(Cl)n1. The number of hydrogen-bond donors (Lipinski definition) is 1. The number of amides is 2. The summed E-state index contributed by atoms with van der Waals surface area (Å²) in [6.45, 7) is 5.03. The summed E-state index contributed by atoms with van der Waals surface area (Å²) in [6, 6.07) is 16.4. The highest BCUT2D eigenvalue weighted by Crippen LogP contribution is 2.48. The summed E-state index contributed by atoms with van der Waals surface area (Å²) in [7, 11) is 1.74. The zero-order chi connectivity index (χ0) is 29.4. The molecule has 216 valence electrons. The van der Waals surface area contributed by atoms with Crippen molar-refractivity contribution in [1.82, 2.24) is 34.9 Å². The van der Waals surface area contributed by atoms with E-state index in [9.17, 15) is 9.59 Å². The summed E-state index contributed by atoms with van der Waals surface area (Å²) in [5.74, 6) is 1.15. The van der Waals surface area contributed by atoms with Gasteiger partial charge in [0.2, 0.25) is 5.88 Å². The van der Waals surface area contributed by atoms with Crippen LogP contribution in [0.5, 0.6) is 5.88 Å². The van der Waals surface area contributed by atoms with Crippen molar-refractivity contribution in [3.63, 3.8) is 0 Å². The third-order valence-electron chi connectivity index (χ3n) is 7.67. The van der Waals surface area contributed by atoms with Crippen LogP contribution in [0.15, 0.2) is 67.0 Å². The molecule has 1 N–H and O–H groups in total. The molecular formula is C30H30ClN7O4. The van der Waals surface area contributed by atoms with Crippen LogP contribution in [0.3, 0.4) is 0 Å². The minimum absolute atomic E-state index is 0.0698. The van der Waals surface area contributed by atoms with Gasteiger partial charge >= 0.3 is 6.09 Å². The highest BCUT2D eigenvalue weighted by Gasteiger charge is 2.59. The molecule has 2 aliphatic rings. The van der Waals surface area contributed by atoms with Gasteiger partial charge in [0.05, 0.1) is 5.54 Å². The molecule has 0 unspecified atom stereocenters. The highest BCUT2D eigenvalue weighted by atomic mass is 35.5. The topological polar surface area (TPSA) is 124 Å². The van der Waals surface area contributed by atoms with Crippen LogP contribution in [0.4, 0.5) is 4.79 Å². The van der Waals surface area contributed by atoms with E-state index >= 15 is 0 Å². The van der Waals surface area contributed by atoms with Gasteiger partial charge in [-0.3, -0.25) is 9.48 Å². The lowest BCUT2D eigenvalue weighted by Gasteiger charge is -2.27. The number of alkyl carbamates (subject to hydrolysis) is 1. The van der Waals surface area contributed by atoms with E-state index in [0.717, 1.165) is 11.1 Å². The zero-order valence-corrected chi connectivity index (χ0v) is 24.2. The van der Waals surface area contributed by atoms with Crippen LogP contribution in [-0.4, -0.2) is 60.8 Å². The van der Waals surface area contributed by atoms with Gasteiger partial charge in [0.25, 0.3) is 5.91 Å². The van der Waals surface area contributed by atoms with Crippen molar-refractivity contribution in [2.45, 2.75) is 32.1 Å². The molecule has 3 atom stereocenters. The van der Waals surface area contributed by atoms with Gasteiger partial charge in [0.15, 0.2) is 5.82 Å². The van der Waals surface area contributed by atoms with E-state index < -0.39 is 11.6 Å².